The average Bonchev–Trinajstić information content (AvgIpc) is 2.39. The predicted molar refractivity (Wildman–Crippen MR) is 65.8 cm³/mol. The average molecular weight is 232 g/mol. The molecule has 90 valence electrons. The van der Waals surface area contributed by atoms with Gasteiger partial charge in [0.05, 0.1) is 7.11 Å². The van der Waals surface area contributed by atoms with Crippen molar-refractivity contribution < 1.29 is 14.6 Å². The van der Waals surface area contributed by atoms with Crippen molar-refractivity contribution in [1.82, 2.24) is 0 Å². The number of ether oxygens (including phenoxy) is 1. The number of carbonyl (C=O) groups excluding carboxylic acids is 1. The highest BCUT2D eigenvalue weighted by Crippen LogP contribution is 2.40. The summed E-state index contributed by atoms with van der Waals surface area (Å²) in [4.78, 5) is 11.0. The van der Waals surface area contributed by atoms with Gasteiger partial charge in [-0.3, -0.25) is 4.79 Å². The summed E-state index contributed by atoms with van der Waals surface area (Å²) in [7, 11) is 1.51. The maximum atomic E-state index is 11.0. The van der Waals surface area contributed by atoms with Crippen molar-refractivity contribution in [2.24, 2.45) is 0 Å². The molecule has 0 radical (unpaired) electrons. The maximum absolute atomic E-state index is 11.0. The topological polar surface area (TPSA) is 46.5 Å². The largest absolute Gasteiger partial charge is 0.504 e. The number of aromatic hydroxyl groups is 1. The second-order valence-corrected chi connectivity index (χ2v) is 4.20. The maximum Gasteiger partial charge on any atom is 0.162 e. The smallest absolute Gasteiger partial charge is 0.162 e. The Morgan fingerprint density at radius 2 is 2.29 bits per heavy atom. The van der Waals surface area contributed by atoms with Gasteiger partial charge in [-0.15, -0.1) is 0 Å². The lowest BCUT2D eigenvalue weighted by Gasteiger charge is -2.20. The molecule has 3 heteroatoms. The zero-order valence-electron chi connectivity index (χ0n) is 9.85. The lowest BCUT2D eigenvalue weighted by atomic mass is 9.86. The summed E-state index contributed by atoms with van der Waals surface area (Å²) >= 11 is 0. The highest BCUT2D eigenvalue weighted by atomic mass is 16.5. The second-order valence-electron chi connectivity index (χ2n) is 4.20. The third-order valence-corrected chi connectivity index (χ3v) is 3.19. The number of phenols is 1. The van der Waals surface area contributed by atoms with Crippen LogP contribution in [-0.2, 0) is 0 Å². The highest BCUT2D eigenvalue weighted by Gasteiger charge is 2.21. The molecule has 0 heterocycles. The SMILES string of the molecule is COc1ccc(C=O)c([C@H]2C=CCCC2)c1O. The van der Waals surface area contributed by atoms with Crippen LogP contribution >= 0.6 is 0 Å². The van der Waals surface area contributed by atoms with Crippen LogP contribution in [0.3, 0.4) is 0 Å². The minimum Gasteiger partial charge on any atom is -0.504 e. The molecule has 1 aromatic carbocycles. The molecule has 0 aromatic heterocycles. The second kappa shape index (κ2) is 5.04. The Morgan fingerprint density at radius 3 is 2.88 bits per heavy atom. The van der Waals surface area contributed by atoms with Crippen molar-refractivity contribution in [2.75, 3.05) is 7.11 Å². The molecule has 3 nitrogen and oxygen atoms in total. The van der Waals surface area contributed by atoms with E-state index in [1.807, 2.05) is 0 Å². The summed E-state index contributed by atoms with van der Waals surface area (Å²) in [6.45, 7) is 0. The molecule has 0 amide bonds. The first-order chi connectivity index (χ1) is 8.27. The number of phenolic OH excluding ortho intramolecular Hbond substituents is 1. The van der Waals surface area contributed by atoms with Crippen LogP contribution in [0.4, 0.5) is 0 Å². The number of benzene rings is 1. The lowest BCUT2D eigenvalue weighted by molar-refractivity contribution is 0.112. The molecule has 1 N–H and O–H groups in total. The summed E-state index contributed by atoms with van der Waals surface area (Å²) < 4.78 is 5.09. The van der Waals surface area contributed by atoms with E-state index in [1.165, 1.54) is 7.11 Å². The molecule has 0 bridgehead atoms. The number of methoxy groups -OCH3 is 1. The Balaban J connectivity index is 2.51. The fraction of sp³-hybridized carbons (Fsp3) is 0.357. The van der Waals surface area contributed by atoms with Crippen molar-refractivity contribution in [3.8, 4) is 11.5 Å². The molecule has 1 aliphatic rings. The fourth-order valence-electron chi connectivity index (χ4n) is 2.31. The molecule has 0 unspecified atom stereocenters. The molecular formula is C14H16O3. The van der Waals surface area contributed by atoms with Gasteiger partial charge in [0.1, 0.15) is 6.29 Å². The first-order valence-corrected chi connectivity index (χ1v) is 5.79. The summed E-state index contributed by atoms with van der Waals surface area (Å²) in [5.41, 5.74) is 1.23. The van der Waals surface area contributed by atoms with E-state index < -0.39 is 0 Å². The van der Waals surface area contributed by atoms with Gasteiger partial charge in [0, 0.05) is 17.0 Å². The third-order valence-electron chi connectivity index (χ3n) is 3.19. The molecule has 0 spiro atoms. The van der Waals surface area contributed by atoms with Gasteiger partial charge in [-0.05, 0) is 31.4 Å². The van der Waals surface area contributed by atoms with Gasteiger partial charge in [-0.2, -0.15) is 0 Å². The number of hydrogen-bond acceptors (Lipinski definition) is 3. The summed E-state index contributed by atoms with van der Waals surface area (Å²) in [5, 5.41) is 10.1. The van der Waals surface area contributed by atoms with Crippen LogP contribution < -0.4 is 4.74 Å². The molecule has 17 heavy (non-hydrogen) atoms. The zero-order chi connectivity index (χ0) is 12.3. The number of allylic oxidation sites excluding steroid dienone is 2. The zero-order valence-corrected chi connectivity index (χ0v) is 9.85. The van der Waals surface area contributed by atoms with Gasteiger partial charge in [0.2, 0.25) is 0 Å². The highest BCUT2D eigenvalue weighted by molar-refractivity contribution is 5.80. The molecule has 0 aliphatic heterocycles. The normalized spacial score (nSPS) is 19.0. The molecule has 1 atom stereocenters. The van der Waals surface area contributed by atoms with Crippen LogP contribution in [0.5, 0.6) is 11.5 Å². The quantitative estimate of drug-likeness (QED) is 0.643. The van der Waals surface area contributed by atoms with Gasteiger partial charge in [-0.25, -0.2) is 0 Å². The van der Waals surface area contributed by atoms with Gasteiger partial charge in [-0.1, -0.05) is 12.2 Å². The molecule has 2 rings (SSSR count). The van der Waals surface area contributed by atoms with E-state index >= 15 is 0 Å². The number of carbonyl (C=O) groups is 1. The number of aldehydes is 1. The molecule has 0 saturated carbocycles. The first kappa shape index (κ1) is 11.7. The Labute approximate surface area is 101 Å². The molecule has 1 aliphatic carbocycles. The van der Waals surface area contributed by atoms with E-state index in [0.29, 0.717) is 16.9 Å². The Morgan fingerprint density at radius 1 is 1.47 bits per heavy atom. The van der Waals surface area contributed by atoms with E-state index in [-0.39, 0.29) is 11.7 Å². The van der Waals surface area contributed by atoms with E-state index in [1.54, 1.807) is 12.1 Å². The van der Waals surface area contributed by atoms with Crippen LogP contribution in [0, 0.1) is 0 Å². The number of hydrogen-bond donors (Lipinski definition) is 1. The Kier molecular flexibility index (Phi) is 3.47. The Bertz CT molecular complexity index is 449. The van der Waals surface area contributed by atoms with Crippen LogP contribution in [0.25, 0.3) is 0 Å². The van der Waals surface area contributed by atoms with Gasteiger partial charge in [0.25, 0.3) is 0 Å². The van der Waals surface area contributed by atoms with Crippen LogP contribution in [0.1, 0.15) is 41.1 Å². The van der Waals surface area contributed by atoms with Crippen molar-refractivity contribution >= 4 is 6.29 Å². The lowest BCUT2D eigenvalue weighted by Crippen LogP contribution is -2.04. The first-order valence-electron chi connectivity index (χ1n) is 5.79. The molecular weight excluding hydrogens is 216 g/mol. The Hall–Kier alpha value is -1.77. The van der Waals surface area contributed by atoms with Crippen molar-refractivity contribution in [1.29, 1.82) is 0 Å². The summed E-state index contributed by atoms with van der Waals surface area (Å²) in [6, 6.07) is 3.32. The molecule has 1 aromatic rings. The van der Waals surface area contributed by atoms with Gasteiger partial charge < -0.3 is 9.84 Å². The summed E-state index contributed by atoms with van der Waals surface area (Å²) in [5.74, 6) is 0.622. The van der Waals surface area contributed by atoms with E-state index in [0.717, 1.165) is 25.5 Å². The number of rotatable bonds is 3. The van der Waals surface area contributed by atoms with Crippen LogP contribution in [-0.4, -0.2) is 18.5 Å². The monoisotopic (exact) mass is 232 g/mol. The minimum atomic E-state index is 0.0913. The van der Waals surface area contributed by atoms with Crippen LogP contribution in [0.15, 0.2) is 24.3 Å². The van der Waals surface area contributed by atoms with Gasteiger partial charge in [0.15, 0.2) is 11.5 Å². The van der Waals surface area contributed by atoms with E-state index in [4.69, 9.17) is 4.74 Å². The van der Waals surface area contributed by atoms with Crippen molar-refractivity contribution in [3.05, 3.63) is 35.4 Å². The standard InChI is InChI=1S/C14H16O3/c1-17-12-8-7-11(9-15)13(14(12)16)10-5-3-2-4-6-10/h3,5,7-10,16H,2,4,6H2,1H3/t10-/m0/s1. The van der Waals surface area contributed by atoms with E-state index in [9.17, 15) is 9.90 Å². The van der Waals surface area contributed by atoms with Gasteiger partial charge >= 0.3 is 0 Å². The van der Waals surface area contributed by atoms with Crippen LogP contribution in [0.2, 0.25) is 0 Å². The summed E-state index contributed by atoms with van der Waals surface area (Å²) in [6.07, 6.45) is 8.05. The van der Waals surface area contributed by atoms with E-state index in [2.05, 4.69) is 12.2 Å². The molecule has 0 fully saturated rings. The van der Waals surface area contributed by atoms with Crippen molar-refractivity contribution in [2.45, 2.75) is 25.2 Å². The minimum absolute atomic E-state index is 0.0913. The molecule has 0 saturated heterocycles. The predicted octanol–water partition coefficient (Wildman–Crippen LogP) is 3.04. The fourth-order valence-corrected chi connectivity index (χ4v) is 2.31. The third kappa shape index (κ3) is 2.18. The van der Waals surface area contributed by atoms with Crippen molar-refractivity contribution in [3.63, 3.8) is 0 Å².